The predicted molar refractivity (Wildman–Crippen MR) is 90.3 cm³/mol. The summed E-state index contributed by atoms with van der Waals surface area (Å²) >= 11 is 5.38. The summed E-state index contributed by atoms with van der Waals surface area (Å²) in [6, 6.07) is 10.0. The fourth-order valence-corrected chi connectivity index (χ4v) is 2.93. The van der Waals surface area contributed by atoms with Crippen molar-refractivity contribution in [3.63, 3.8) is 0 Å². The number of nitrogens with zero attached hydrogens (tertiary/aromatic N) is 3. The Bertz CT molecular complexity index is 818. The van der Waals surface area contributed by atoms with Crippen molar-refractivity contribution in [3.8, 4) is 0 Å². The van der Waals surface area contributed by atoms with E-state index in [2.05, 4.69) is 11.2 Å². The molecule has 3 rings (SSSR count). The summed E-state index contributed by atoms with van der Waals surface area (Å²) in [6.07, 6.45) is 6.39. The third-order valence-electron chi connectivity index (χ3n) is 4.01. The van der Waals surface area contributed by atoms with Gasteiger partial charge in [0, 0.05) is 7.05 Å². The smallest absolute Gasteiger partial charge is 0.280 e. The van der Waals surface area contributed by atoms with Gasteiger partial charge in [0.1, 0.15) is 0 Å². The second kappa shape index (κ2) is 6.40. The van der Waals surface area contributed by atoms with E-state index in [1.807, 2.05) is 30.3 Å². The molecule has 114 valence electrons. The van der Waals surface area contributed by atoms with Crippen LogP contribution < -0.4 is 5.56 Å². The lowest BCUT2D eigenvalue weighted by atomic mass is 9.97. The number of rotatable bonds is 3. The first-order valence-corrected chi connectivity index (χ1v) is 7.99. The summed E-state index contributed by atoms with van der Waals surface area (Å²) in [5, 5.41) is 4.56. The Morgan fingerprint density at radius 2 is 2.00 bits per heavy atom. The summed E-state index contributed by atoms with van der Waals surface area (Å²) < 4.78 is 3.72. The SMILES string of the molecule is Cn1c(=O)c(C2=CCCCC2)nn(Cc2ccccc2)c1=S. The van der Waals surface area contributed by atoms with E-state index in [0.717, 1.165) is 30.4 Å². The van der Waals surface area contributed by atoms with E-state index in [4.69, 9.17) is 12.2 Å². The molecule has 0 radical (unpaired) electrons. The molecule has 1 aromatic carbocycles. The van der Waals surface area contributed by atoms with Crippen LogP contribution in [0.3, 0.4) is 0 Å². The molecule has 0 unspecified atom stereocenters. The molecule has 1 aliphatic carbocycles. The molecule has 4 nitrogen and oxygen atoms in total. The lowest BCUT2D eigenvalue weighted by Crippen LogP contribution is -2.29. The van der Waals surface area contributed by atoms with Crippen molar-refractivity contribution in [3.05, 3.63) is 62.8 Å². The van der Waals surface area contributed by atoms with Gasteiger partial charge >= 0.3 is 0 Å². The standard InChI is InChI=1S/C17H19N3OS/c1-19-16(21)15(14-10-6-3-7-11-14)18-20(17(19)22)12-13-8-4-2-5-9-13/h2,4-5,8-10H,3,6-7,11-12H2,1H3. The Kier molecular flexibility index (Phi) is 4.34. The Hall–Kier alpha value is -2.01. The third kappa shape index (κ3) is 2.95. The molecule has 0 amide bonds. The monoisotopic (exact) mass is 313 g/mol. The minimum absolute atomic E-state index is 0.0949. The number of allylic oxidation sites excluding steroid dienone is 2. The maximum atomic E-state index is 12.5. The fourth-order valence-electron chi connectivity index (χ4n) is 2.74. The Balaban J connectivity index is 2.07. The van der Waals surface area contributed by atoms with E-state index in [9.17, 15) is 4.79 Å². The van der Waals surface area contributed by atoms with Gasteiger partial charge in [-0.1, -0.05) is 36.4 Å². The summed E-state index contributed by atoms with van der Waals surface area (Å²) in [5.74, 6) is 0. The lowest BCUT2D eigenvalue weighted by molar-refractivity contribution is 0.574. The van der Waals surface area contributed by atoms with Gasteiger partial charge in [0.15, 0.2) is 10.5 Å². The highest BCUT2D eigenvalue weighted by atomic mass is 32.1. The molecular formula is C17H19N3OS. The van der Waals surface area contributed by atoms with Gasteiger partial charge in [-0.05, 0) is 49.0 Å². The lowest BCUT2D eigenvalue weighted by Gasteiger charge is -2.15. The van der Waals surface area contributed by atoms with Gasteiger partial charge in [0.05, 0.1) is 6.54 Å². The molecule has 0 bridgehead atoms. The highest BCUT2D eigenvalue weighted by molar-refractivity contribution is 7.71. The van der Waals surface area contributed by atoms with Crippen LogP contribution in [0.5, 0.6) is 0 Å². The number of benzene rings is 1. The molecule has 1 aromatic heterocycles. The van der Waals surface area contributed by atoms with E-state index in [1.54, 1.807) is 11.7 Å². The highest BCUT2D eigenvalue weighted by Crippen LogP contribution is 2.23. The molecule has 1 heterocycles. The molecular weight excluding hydrogens is 294 g/mol. The zero-order valence-corrected chi connectivity index (χ0v) is 13.5. The van der Waals surface area contributed by atoms with Crippen molar-refractivity contribution < 1.29 is 0 Å². The normalized spacial score (nSPS) is 14.7. The number of aromatic nitrogens is 3. The maximum absolute atomic E-state index is 12.5. The minimum Gasteiger partial charge on any atom is -0.285 e. The molecule has 0 fully saturated rings. The number of hydrogen-bond acceptors (Lipinski definition) is 3. The van der Waals surface area contributed by atoms with Gasteiger partial charge in [0.2, 0.25) is 0 Å². The Labute approximate surface area is 134 Å². The summed E-state index contributed by atoms with van der Waals surface area (Å²) in [7, 11) is 1.72. The molecule has 0 atom stereocenters. The van der Waals surface area contributed by atoms with E-state index in [0.29, 0.717) is 17.0 Å². The zero-order chi connectivity index (χ0) is 15.5. The van der Waals surface area contributed by atoms with Gasteiger partial charge in [0.25, 0.3) is 5.56 Å². The fraction of sp³-hybridized carbons (Fsp3) is 0.353. The molecule has 0 saturated carbocycles. The molecule has 5 heteroatoms. The van der Waals surface area contributed by atoms with E-state index in [-0.39, 0.29) is 5.56 Å². The second-order valence-electron chi connectivity index (χ2n) is 5.61. The van der Waals surface area contributed by atoms with Gasteiger partial charge in [-0.2, -0.15) is 5.10 Å². The van der Waals surface area contributed by atoms with Crippen LogP contribution >= 0.6 is 12.2 Å². The van der Waals surface area contributed by atoms with Crippen LogP contribution in [0, 0.1) is 4.77 Å². The Morgan fingerprint density at radius 1 is 1.23 bits per heavy atom. The van der Waals surface area contributed by atoms with Crippen LogP contribution in [0.4, 0.5) is 0 Å². The van der Waals surface area contributed by atoms with Crippen molar-refractivity contribution in [1.29, 1.82) is 0 Å². The zero-order valence-electron chi connectivity index (χ0n) is 12.7. The van der Waals surface area contributed by atoms with Gasteiger partial charge in [-0.25, -0.2) is 4.68 Å². The van der Waals surface area contributed by atoms with Crippen LogP contribution in [0.15, 0.2) is 41.2 Å². The van der Waals surface area contributed by atoms with Gasteiger partial charge in [-0.3, -0.25) is 9.36 Å². The van der Waals surface area contributed by atoms with Crippen LogP contribution in [-0.4, -0.2) is 14.3 Å². The first-order chi connectivity index (χ1) is 10.7. The van der Waals surface area contributed by atoms with Crippen molar-refractivity contribution in [2.24, 2.45) is 7.05 Å². The van der Waals surface area contributed by atoms with Crippen LogP contribution in [0.25, 0.3) is 5.57 Å². The van der Waals surface area contributed by atoms with Crippen LogP contribution in [-0.2, 0) is 13.6 Å². The molecule has 0 N–H and O–H groups in total. The van der Waals surface area contributed by atoms with E-state index >= 15 is 0 Å². The summed E-state index contributed by atoms with van der Waals surface area (Å²) in [5.41, 5.74) is 2.63. The second-order valence-corrected chi connectivity index (χ2v) is 5.98. The van der Waals surface area contributed by atoms with Gasteiger partial charge in [-0.15, -0.1) is 0 Å². The topological polar surface area (TPSA) is 39.8 Å². The van der Waals surface area contributed by atoms with Crippen molar-refractivity contribution >= 4 is 17.8 Å². The Morgan fingerprint density at radius 3 is 2.68 bits per heavy atom. The largest absolute Gasteiger partial charge is 0.285 e. The maximum Gasteiger partial charge on any atom is 0.280 e. The first kappa shape index (κ1) is 14.9. The molecule has 1 aliphatic rings. The average molecular weight is 313 g/mol. The van der Waals surface area contributed by atoms with Crippen LogP contribution in [0.2, 0.25) is 0 Å². The summed E-state index contributed by atoms with van der Waals surface area (Å²) in [4.78, 5) is 12.5. The molecule has 0 aliphatic heterocycles. The first-order valence-electron chi connectivity index (χ1n) is 7.58. The van der Waals surface area contributed by atoms with E-state index in [1.165, 1.54) is 11.0 Å². The molecule has 0 spiro atoms. The predicted octanol–water partition coefficient (Wildman–Crippen LogP) is 3.32. The van der Waals surface area contributed by atoms with Crippen LogP contribution in [0.1, 0.15) is 36.9 Å². The van der Waals surface area contributed by atoms with Crippen molar-refractivity contribution in [2.45, 2.75) is 32.2 Å². The highest BCUT2D eigenvalue weighted by Gasteiger charge is 2.15. The quantitative estimate of drug-likeness (QED) is 0.816. The van der Waals surface area contributed by atoms with E-state index < -0.39 is 0 Å². The van der Waals surface area contributed by atoms with Crippen molar-refractivity contribution in [2.75, 3.05) is 0 Å². The summed E-state index contributed by atoms with van der Waals surface area (Å²) in [6.45, 7) is 0.577. The molecule has 22 heavy (non-hydrogen) atoms. The van der Waals surface area contributed by atoms with Crippen molar-refractivity contribution in [1.82, 2.24) is 14.3 Å². The number of hydrogen-bond donors (Lipinski definition) is 0. The third-order valence-corrected chi connectivity index (χ3v) is 4.49. The molecule has 0 saturated heterocycles. The molecule has 2 aromatic rings. The average Bonchev–Trinajstić information content (AvgIpc) is 2.57. The minimum atomic E-state index is -0.0949. The van der Waals surface area contributed by atoms with Gasteiger partial charge < -0.3 is 0 Å².